The van der Waals surface area contributed by atoms with Crippen molar-refractivity contribution in [1.82, 2.24) is 14.8 Å². The normalized spacial score (nSPS) is 14.2. The number of benzene rings is 3. The van der Waals surface area contributed by atoms with Crippen molar-refractivity contribution in [3.63, 3.8) is 0 Å². The predicted octanol–water partition coefficient (Wildman–Crippen LogP) is 6.55. The number of nitrogens with zero attached hydrogens (tertiary/aromatic N) is 5. The molecular weight excluding hydrogens is 635 g/mol. The van der Waals surface area contributed by atoms with E-state index < -0.39 is 12.4 Å². The number of ether oxygens (including phenoxy) is 2. The van der Waals surface area contributed by atoms with Crippen LogP contribution in [-0.4, -0.2) is 51.1 Å². The molecule has 0 bridgehead atoms. The van der Waals surface area contributed by atoms with Gasteiger partial charge >= 0.3 is 12.4 Å². The predicted molar refractivity (Wildman–Crippen MR) is 165 cm³/mol. The van der Waals surface area contributed by atoms with Gasteiger partial charge in [-0.15, -0.1) is 18.3 Å². The van der Waals surface area contributed by atoms with Gasteiger partial charge in [-0.05, 0) is 61.0 Å². The maximum absolute atomic E-state index is 12.9. The van der Waals surface area contributed by atoms with Gasteiger partial charge in [0, 0.05) is 18.4 Å². The van der Waals surface area contributed by atoms with Gasteiger partial charge < -0.3 is 20.1 Å². The molecule has 1 aliphatic heterocycles. The number of amides is 3. The van der Waals surface area contributed by atoms with Crippen molar-refractivity contribution in [2.75, 3.05) is 28.4 Å². The Bertz CT molecular complexity index is 1750. The molecule has 0 spiro atoms. The molecular formula is C29H25ClF3N7O4S. The van der Waals surface area contributed by atoms with Crippen LogP contribution in [0.1, 0.15) is 17.0 Å². The van der Waals surface area contributed by atoms with Crippen LogP contribution in [0.3, 0.4) is 0 Å². The third kappa shape index (κ3) is 8.12. The first-order chi connectivity index (χ1) is 21.5. The van der Waals surface area contributed by atoms with E-state index in [9.17, 15) is 22.8 Å². The second-order valence-electron chi connectivity index (χ2n) is 9.60. The van der Waals surface area contributed by atoms with E-state index >= 15 is 0 Å². The number of nitrogens with one attached hydrogen (secondary N) is 2. The number of thioether (sulfide) groups is 1. The molecule has 45 heavy (non-hydrogen) atoms. The molecule has 1 aliphatic rings. The van der Waals surface area contributed by atoms with Gasteiger partial charge in [-0.2, -0.15) is 4.99 Å². The minimum absolute atomic E-state index is 0.143. The maximum atomic E-state index is 12.9. The molecule has 1 aromatic heterocycles. The average Bonchev–Trinajstić information content (AvgIpc) is 3.60. The number of aryl methyl sites for hydroxylation is 1. The third-order valence-corrected chi connectivity index (χ3v) is 7.52. The van der Waals surface area contributed by atoms with Crippen molar-refractivity contribution in [3.05, 3.63) is 89.0 Å². The van der Waals surface area contributed by atoms with Crippen LogP contribution < -0.4 is 20.3 Å². The highest BCUT2D eigenvalue weighted by atomic mass is 35.5. The maximum Gasteiger partial charge on any atom is 0.573 e. The molecule has 0 aliphatic carbocycles. The molecule has 1 fully saturated rings. The SMILES string of the molecule is COCc1ccc(C)cc1N1C(=O)CS/C1=N\C(=O)Nc1ccc(NCc2ncn(-c3ccc(OC(F)(F)F)cc3)n2)cc1Cl. The fourth-order valence-corrected chi connectivity index (χ4v) is 5.37. The highest BCUT2D eigenvalue weighted by molar-refractivity contribution is 8.15. The number of carbonyl (C=O) groups is 2. The van der Waals surface area contributed by atoms with Gasteiger partial charge in [0.15, 0.2) is 11.0 Å². The summed E-state index contributed by atoms with van der Waals surface area (Å²) in [6, 6.07) is 15.0. The molecule has 2 N–H and O–H groups in total. The summed E-state index contributed by atoms with van der Waals surface area (Å²) in [6.07, 6.45) is -3.34. The average molecular weight is 660 g/mol. The van der Waals surface area contributed by atoms with Crippen molar-refractivity contribution < 1.29 is 32.2 Å². The van der Waals surface area contributed by atoms with Crippen molar-refractivity contribution in [2.45, 2.75) is 26.4 Å². The van der Waals surface area contributed by atoms with Gasteiger partial charge in [0.1, 0.15) is 12.1 Å². The number of rotatable bonds is 9. The largest absolute Gasteiger partial charge is 0.573 e. The Morgan fingerprint density at radius 1 is 1.13 bits per heavy atom. The molecule has 2 heterocycles. The highest BCUT2D eigenvalue weighted by Gasteiger charge is 2.32. The number of hydrogen-bond acceptors (Lipinski definition) is 8. The molecule has 0 atom stereocenters. The van der Waals surface area contributed by atoms with E-state index in [1.54, 1.807) is 25.3 Å². The van der Waals surface area contributed by atoms with E-state index in [0.717, 1.165) is 22.9 Å². The van der Waals surface area contributed by atoms with Gasteiger partial charge in [-0.1, -0.05) is 35.5 Å². The summed E-state index contributed by atoms with van der Waals surface area (Å²) in [7, 11) is 1.56. The van der Waals surface area contributed by atoms with Crippen LogP contribution in [0, 0.1) is 6.92 Å². The minimum Gasteiger partial charge on any atom is -0.406 e. The smallest absolute Gasteiger partial charge is 0.406 e. The first kappa shape index (κ1) is 31.8. The van der Waals surface area contributed by atoms with Crippen LogP contribution in [0.25, 0.3) is 5.69 Å². The van der Waals surface area contributed by atoms with E-state index in [0.29, 0.717) is 28.6 Å². The molecule has 11 nitrogen and oxygen atoms in total. The van der Waals surface area contributed by atoms with Gasteiger partial charge in [0.05, 0.1) is 41.0 Å². The van der Waals surface area contributed by atoms with Crippen LogP contribution >= 0.6 is 23.4 Å². The van der Waals surface area contributed by atoms with Crippen LogP contribution in [0.5, 0.6) is 5.75 Å². The fourth-order valence-electron chi connectivity index (χ4n) is 4.28. The van der Waals surface area contributed by atoms with E-state index in [-0.39, 0.29) is 40.8 Å². The minimum atomic E-state index is -4.77. The Hall–Kier alpha value is -4.60. The monoisotopic (exact) mass is 659 g/mol. The molecule has 4 aromatic rings. The summed E-state index contributed by atoms with van der Waals surface area (Å²) < 4.78 is 47.7. The molecule has 0 unspecified atom stereocenters. The van der Waals surface area contributed by atoms with Crippen molar-refractivity contribution in [1.29, 1.82) is 0 Å². The zero-order chi connectivity index (χ0) is 32.1. The lowest BCUT2D eigenvalue weighted by Gasteiger charge is -2.20. The van der Waals surface area contributed by atoms with E-state index in [4.69, 9.17) is 16.3 Å². The standard InChI is InChI=1S/C29H25ClF3N7O4S/c1-17-3-4-18(14-43-2)24(11-17)40-26(41)15-45-28(40)37-27(42)36-23-10-5-19(12-22(23)30)34-13-25-35-16-39(38-25)20-6-8-21(9-7-20)44-29(31,32)33/h3-12,16,34H,13-15H2,1-2H3,(H,36,42)/b37-28-. The Morgan fingerprint density at radius 2 is 1.91 bits per heavy atom. The van der Waals surface area contributed by atoms with E-state index in [2.05, 4.69) is 30.4 Å². The first-order valence-corrected chi connectivity index (χ1v) is 14.6. The molecule has 234 valence electrons. The number of alkyl halides is 3. The highest BCUT2D eigenvalue weighted by Crippen LogP contribution is 2.32. The summed E-state index contributed by atoms with van der Waals surface area (Å²) in [5.74, 6) is 0.00997. The second-order valence-corrected chi connectivity index (χ2v) is 11.0. The summed E-state index contributed by atoms with van der Waals surface area (Å²) in [5.41, 5.74) is 3.76. The molecule has 0 radical (unpaired) electrons. The lowest BCUT2D eigenvalue weighted by atomic mass is 10.1. The van der Waals surface area contributed by atoms with Gasteiger partial charge in [-0.3, -0.25) is 9.69 Å². The molecule has 0 saturated carbocycles. The quantitative estimate of drug-likeness (QED) is 0.207. The number of carbonyl (C=O) groups excluding carboxylic acids is 2. The van der Waals surface area contributed by atoms with E-state index in [1.165, 1.54) is 40.2 Å². The Morgan fingerprint density at radius 3 is 2.62 bits per heavy atom. The van der Waals surface area contributed by atoms with Crippen LogP contribution in [-0.2, 0) is 22.7 Å². The van der Waals surface area contributed by atoms with Crippen LogP contribution in [0.15, 0.2) is 72.0 Å². The van der Waals surface area contributed by atoms with Gasteiger partial charge in [-0.25, -0.2) is 14.5 Å². The molecule has 1 saturated heterocycles. The van der Waals surface area contributed by atoms with Gasteiger partial charge in [0.2, 0.25) is 5.91 Å². The van der Waals surface area contributed by atoms with Gasteiger partial charge in [0.25, 0.3) is 0 Å². The number of hydrogen-bond donors (Lipinski definition) is 2. The zero-order valence-corrected chi connectivity index (χ0v) is 25.3. The lowest BCUT2D eigenvalue weighted by molar-refractivity contribution is -0.274. The zero-order valence-electron chi connectivity index (χ0n) is 23.8. The summed E-state index contributed by atoms with van der Waals surface area (Å²) in [4.78, 5) is 35.4. The van der Waals surface area contributed by atoms with Crippen molar-refractivity contribution in [2.24, 2.45) is 4.99 Å². The number of aliphatic imine (C=N–C) groups is 1. The molecule has 3 aromatic carbocycles. The topological polar surface area (TPSA) is 123 Å². The summed E-state index contributed by atoms with van der Waals surface area (Å²) >= 11 is 7.59. The first-order valence-electron chi connectivity index (χ1n) is 13.2. The number of urea groups is 1. The number of aromatic nitrogens is 3. The number of amidine groups is 1. The van der Waals surface area contributed by atoms with Crippen molar-refractivity contribution in [3.8, 4) is 11.4 Å². The fraction of sp³-hybridized carbons (Fsp3) is 0.207. The molecule has 3 amide bonds. The van der Waals surface area contributed by atoms with Crippen molar-refractivity contribution >= 4 is 57.5 Å². The Labute approximate surface area is 264 Å². The summed E-state index contributed by atoms with van der Waals surface area (Å²) in [5, 5.41) is 10.6. The molecule has 5 rings (SSSR count). The number of methoxy groups -OCH3 is 1. The number of halogens is 4. The second kappa shape index (κ2) is 13.6. The molecule has 16 heteroatoms. The lowest BCUT2D eigenvalue weighted by Crippen LogP contribution is -2.31. The Balaban J connectivity index is 1.21. The Kier molecular flexibility index (Phi) is 9.60. The third-order valence-electron chi connectivity index (χ3n) is 6.28. The number of anilines is 3. The van der Waals surface area contributed by atoms with Crippen LogP contribution in [0.4, 0.5) is 35.0 Å². The van der Waals surface area contributed by atoms with Crippen LogP contribution in [0.2, 0.25) is 5.02 Å². The van der Waals surface area contributed by atoms with E-state index in [1.807, 2.05) is 25.1 Å². The summed E-state index contributed by atoms with van der Waals surface area (Å²) in [6.45, 7) is 2.41.